The van der Waals surface area contributed by atoms with Crippen molar-refractivity contribution in [1.82, 2.24) is 24.4 Å². The molecule has 0 radical (unpaired) electrons. The zero-order chi connectivity index (χ0) is 25.0. The molecule has 3 heterocycles. The third-order valence-corrected chi connectivity index (χ3v) is 5.87. The Kier molecular flexibility index (Phi) is 7.83. The maximum absolute atomic E-state index is 13.2. The van der Waals surface area contributed by atoms with Crippen LogP contribution in [0.1, 0.15) is 19.6 Å². The second-order valence-electron chi connectivity index (χ2n) is 7.89. The summed E-state index contributed by atoms with van der Waals surface area (Å²) in [6.45, 7) is 6.07. The zero-order valence-electron chi connectivity index (χ0n) is 19.4. The normalized spacial score (nSPS) is 11.3. The van der Waals surface area contributed by atoms with Crippen LogP contribution in [0.4, 0.5) is 11.5 Å². The maximum atomic E-state index is 13.2. The molecule has 34 heavy (non-hydrogen) atoms. The van der Waals surface area contributed by atoms with E-state index >= 15 is 0 Å². The summed E-state index contributed by atoms with van der Waals surface area (Å²) in [7, 11) is 1.47. The number of carbonyl (C=O) groups excluding carboxylic acids is 1. The van der Waals surface area contributed by atoms with E-state index in [2.05, 4.69) is 15.2 Å². The van der Waals surface area contributed by atoms with Gasteiger partial charge < -0.3 is 25.6 Å². The minimum atomic E-state index is -0.753. The highest BCUT2D eigenvalue weighted by Crippen LogP contribution is 2.26. The molecule has 0 aliphatic carbocycles. The average molecular weight is 493 g/mol. The number of nitrogens with zero attached hydrogens (tertiary/aromatic N) is 5. The predicted octanol–water partition coefficient (Wildman–Crippen LogP) is 0.420. The molecular formula is C20H28N8O5S. The summed E-state index contributed by atoms with van der Waals surface area (Å²) < 4.78 is 12.9. The highest BCUT2D eigenvalue weighted by molar-refractivity contribution is 7.99. The molecule has 0 atom stereocenters. The van der Waals surface area contributed by atoms with Gasteiger partial charge in [0.15, 0.2) is 11.5 Å². The van der Waals surface area contributed by atoms with Gasteiger partial charge in [0.2, 0.25) is 11.1 Å². The molecule has 0 saturated heterocycles. The minimum absolute atomic E-state index is 0.0534. The van der Waals surface area contributed by atoms with Crippen LogP contribution in [0.15, 0.2) is 31.5 Å². The number of aromatic nitrogens is 5. The van der Waals surface area contributed by atoms with Crippen molar-refractivity contribution in [2.24, 2.45) is 5.92 Å². The summed E-state index contributed by atoms with van der Waals surface area (Å²) in [6, 6.07) is 1.72. The lowest BCUT2D eigenvalue weighted by molar-refractivity contribution is -0.116. The van der Waals surface area contributed by atoms with Crippen LogP contribution in [-0.2, 0) is 16.1 Å². The standard InChI is InChI=1S/C20H28N8O5S/c1-11(2)9-27-16(21)15(18(30)23-19(27)31)26(6-8-32-4)14(29)10-34-20-25-24-17(28(20)22)13-5-7-33-12(13)3/h5,7,11H,6,8-10,21-22H2,1-4H3,(H,23,30,31). The number of thioether (sulfide) groups is 1. The number of nitrogens with one attached hydrogen (secondary N) is 1. The van der Waals surface area contributed by atoms with E-state index in [0.717, 1.165) is 11.8 Å². The number of hydrogen-bond acceptors (Lipinski definition) is 10. The summed E-state index contributed by atoms with van der Waals surface area (Å²) in [5, 5.41) is 8.42. The van der Waals surface area contributed by atoms with E-state index in [1.165, 1.54) is 27.5 Å². The fourth-order valence-corrected chi connectivity index (χ4v) is 4.04. The lowest BCUT2D eigenvalue weighted by atomic mass is 10.2. The fourth-order valence-electron chi connectivity index (χ4n) is 3.31. The number of hydrogen-bond donors (Lipinski definition) is 3. The number of rotatable bonds is 10. The largest absolute Gasteiger partial charge is 0.469 e. The molecule has 184 valence electrons. The van der Waals surface area contributed by atoms with Crippen LogP contribution < -0.4 is 27.7 Å². The number of nitrogen functional groups attached to an aromatic ring is 2. The van der Waals surface area contributed by atoms with E-state index in [-0.39, 0.29) is 42.9 Å². The molecule has 13 nitrogen and oxygen atoms in total. The summed E-state index contributed by atoms with van der Waals surface area (Å²) in [6.07, 6.45) is 1.52. The highest BCUT2D eigenvalue weighted by Gasteiger charge is 2.25. The van der Waals surface area contributed by atoms with Crippen molar-refractivity contribution in [2.45, 2.75) is 32.5 Å². The number of anilines is 2. The summed E-state index contributed by atoms with van der Waals surface area (Å²) in [5.41, 5.74) is 5.38. The van der Waals surface area contributed by atoms with E-state index in [1.807, 2.05) is 13.8 Å². The van der Waals surface area contributed by atoms with Gasteiger partial charge in [-0.3, -0.25) is 19.1 Å². The molecule has 0 bridgehead atoms. The van der Waals surface area contributed by atoms with Gasteiger partial charge in [-0.15, -0.1) is 10.2 Å². The van der Waals surface area contributed by atoms with E-state index in [0.29, 0.717) is 22.3 Å². The van der Waals surface area contributed by atoms with Crippen LogP contribution in [0, 0.1) is 12.8 Å². The van der Waals surface area contributed by atoms with Gasteiger partial charge in [0.1, 0.15) is 11.6 Å². The summed E-state index contributed by atoms with van der Waals surface area (Å²) >= 11 is 1.05. The number of carbonyl (C=O) groups is 1. The Bertz CT molecular complexity index is 1270. The maximum Gasteiger partial charge on any atom is 0.330 e. The third-order valence-electron chi connectivity index (χ3n) is 4.94. The van der Waals surface area contributed by atoms with Crippen LogP contribution in [0.2, 0.25) is 0 Å². The number of amides is 1. The Morgan fingerprint density at radius 1 is 1.35 bits per heavy atom. The molecule has 0 unspecified atom stereocenters. The molecule has 1 amide bonds. The Hall–Kier alpha value is -3.52. The van der Waals surface area contributed by atoms with Gasteiger partial charge >= 0.3 is 5.69 Å². The lowest BCUT2D eigenvalue weighted by Crippen LogP contribution is -2.43. The number of H-pyrrole nitrogens is 1. The first kappa shape index (κ1) is 25.1. The Labute approximate surface area is 199 Å². The van der Waals surface area contributed by atoms with Crippen molar-refractivity contribution in [3.8, 4) is 11.4 Å². The van der Waals surface area contributed by atoms with Gasteiger partial charge in [-0.05, 0) is 18.9 Å². The molecule has 0 saturated carbocycles. The van der Waals surface area contributed by atoms with Crippen molar-refractivity contribution in [3.05, 3.63) is 38.9 Å². The van der Waals surface area contributed by atoms with E-state index in [4.69, 9.17) is 20.7 Å². The topological polar surface area (TPSA) is 180 Å². The van der Waals surface area contributed by atoms with E-state index < -0.39 is 17.2 Å². The molecule has 3 aromatic heterocycles. The van der Waals surface area contributed by atoms with Gasteiger partial charge in [-0.25, -0.2) is 9.47 Å². The highest BCUT2D eigenvalue weighted by atomic mass is 32.2. The molecule has 0 aliphatic heterocycles. The number of aromatic amines is 1. The van der Waals surface area contributed by atoms with E-state index in [9.17, 15) is 14.4 Å². The molecule has 0 aromatic carbocycles. The van der Waals surface area contributed by atoms with Gasteiger partial charge in [0.05, 0.1) is 24.2 Å². The second kappa shape index (κ2) is 10.6. The fraction of sp³-hybridized carbons (Fsp3) is 0.450. The van der Waals surface area contributed by atoms with Crippen LogP contribution in [0.3, 0.4) is 0 Å². The number of aryl methyl sites for hydroxylation is 1. The monoisotopic (exact) mass is 492 g/mol. The van der Waals surface area contributed by atoms with Crippen molar-refractivity contribution in [1.29, 1.82) is 0 Å². The van der Waals surface area contributed by atoms with Crippen LogP contribution in [-0.4, -0.2) is 56.3 Å². The summed E-state index contributed by atoms with van der Waals surface area (Å²) in [5.74, 6) is 6.57. The second-order valence-corrected chi connectivity index (χ2v) is 8.83. The van der Waals surface area contributed by atoms with Gasteiger partial charge in [-0.2, -0.15) is 0 Å². The molecule has 0 fully saturated rings. The number of ether oxygens (including phenoxy) is 1. The van der Waals surface area contributed by atoms with Crippen LogP contribution in [0.25, 0.3) is 11.4 Å². The number of furan rings is 1. The first-order valence-corrected chi connectivity index (χ1v) is 11.4. The Balaban J connectivity index is 1.88. The van der Waals surface area contributed by atoms with Crippen molar-refractivity contribution < 1.29 is 13.9 Å². The summed E-state index contributed by atoms with van der Waals surface area (Å²) in [4.78, 5) is 41.6. The van der Waals surface area contributed by atoms with Gasteiger partial charge in [-0.1, -0.05) is 25.6 Å². The SMILES string of the molecule is COCCN(C(=O)CSc1nnc(-c2ccoc2C)n1N)c1c(N)n(CC(C)C)c(=O)[nH]c1=O. The molecule has 3 aromatic rings. The quantitative estimate of drug-likeness (QED) is 0.265. The van der Waals surface area contributed by atoms with Gasteiger partial charge in [0.25, 0.3) is 5.56 Å². The Morgan fingerprint density at radius 3 is 2.71 bits per heavy atom. The molecular weight excluding hydrogens is 464 g/mol. The molecule has 0 aliphatic rings. The van der Waals surface area contributed by atoms with Crippen LogP contribution >= 0.6 is 11.8 Å². The molecule has 0 spiro atoms. The number of methoxy groups -OCH3 is 1. The molecule has 5 N–H and O–H groups in total. The smallest absolute Gasteiger partial charge is 0.330 e. The van der Waals surface area contributed by atoms with Crippen molar-refractivity contribution in [2.75, 3.05) is 42.5 Å². The van der Waals surface area contributed by atoms with Gasteiger partial charge in [0, 0.05) is 20.2 Å². The van der Waals surface area contributed by atoms with E-state index in [1.54, 1.807) is 13.0 Å². The van der Waals surface area contributed by atoms with Crippen LogP contribution in [0.5, 0.6) is 0 Å². The Morgan fingerprint density at radius 2 is 2.09 bits per heavy atom. The molecule has 3 rings (SSSR count). The van der Waals surface area contributed by atoms with Crippen molar-refractivity contribution >= 4 is 29.2 Å². The number of nitrogens with two attached hydrogens (primary N) is 2. The lowest BCUT2D eigenvalue weighted by Gasteiger charge is -2.24. The zero-order valence-corrected chi connectivity index (χ0v) is 20.2. The first-order valence-electron chi connectivity index (χ1n) is 10.4. The predicted molar refractivity (Wildman–Crippen MR) is 128 cm³/mol. The molecule has 14 heteroatoms. The van der Waals surface area contributed by atoms with Crippen molar-refractivity contribution in [3.63, 3.8) is 0 Å². The average Bonchev–Trinajstić information content (AvgIpc) is 3.36. The third kappa shape index (κ3) is 5.17. The first-order chi connectivity index (χ1) is 16.1. The minimum Gasteiger partial charge on any atom is -0.469 e.